The Bertz CT molecular complexity index is 264. The highest BCUT2D eigenvalue weighted by molar-refractivity contribution is 5.79. The largest absolute Gasteiger partial charge is 0.300 e. The molecule has 2 fully saturated rings. The Morgan fingerprint density at radius 3 is 2.29 bits per heavy atom. The number of Topliss-reactive ketones (excluding diaryl/α,β-unsaturated/α-hetero) is 1. The number of carbonyl (C=O) groups excluding carboxylic acids is 1. The molecule has 0 atom stereocenters. The molecule has 14 heavy (non-hydrogen) atoms. The van der Waals surface area contributed by atoms with Crippen molar-refractivity contribution < 1.29 is 4.79 Å². The summed E-state index contributed by atoms with van der Waals surface area (Å²) in [7, 11) is 0. The van der Waals surface area contributed by atoms with E-state index in [1.54, 1.807) is 0 Å². The molecule has 1 saturated heterocycles. The van der Waals surface area contributed by atoms with Gasteiger partial charge in [0.25, 0.3) is 0 Å². The van der Waals surface area contributed by atoms with Gasteiger partial charge in [-0.2, -0.15) is 5.26 Å². The topological polar surface area (TPSA) is 44.1 Å². The van der Waals surface area contributed by atoms with Crippen LogP contribution in [0.15, 0.2) is 0 Å². The van der Waals surface area contributed by atoms with Crippen molar-refractivity contribution in [2.24, 2.45) is 0 Å². The van der Waals surface area contributed by atoms with Gasteiger partial charge in [-0.25, -0.2) is 0 Å². The number of hydrogen-bond acceptors (Lipinski definition) is 3. The van der Waals surface area contributed by atoms with Gasteiger partial charge in [0, 0.05) is 12.8 Å². The van der Waals surface area contributed by atoms with E-state index in [-0.39, 0.29) is 5.54 Å². The summed E-state index contributed by atoms with van der Waals surface area (Å²) in [6.45, 7) is 2.09. The average molecular weight is 192 g/mol. The van der Waals surface area contributed by atoms with Crippen molar-refractivity contribution >= 4 is 5.78 Å². The predicted molar refractivity (Wildman–Crippen MR) is 52.6 cm³/mol. The van der Waals surface area contributed by atoms with Crippen LogP contribution in [0.4, 0.5) is 0 Å². The maximum absolute atomic E-state index is 11.2. The van der Waals surface area contributed by atoms with E-state index >= 15 is 0 Å². The Balaban J connectivity index is 2.10. The lowest BCUT2D eigenvalue weighted by Gasteiger charge is -2.38. The fourth-order valence-corrected chi connectivity index (χ4v) is 2.59. The first-order valence-electron chi connectivity index (χ1n) is 5.45. The van der Waals surface area contributed by atoms with Crippen LogP contribution >= 0.6 is 0 Å². The predicted octanol–water partition coefficient (Wildman–Crippen LogP) is 1.49. The molecule has 0 amide bonds. The van der Waals surface area contributed by atoms with Gasteiger partial charge in [0.1, 0.15) is 11.3 Å². The van der Waals surface area contributed by atoms with Gasteiger partial charge in [-0.05, 0) is 38.8 Å². The van der Waals surface area contributed by atoms with E-state index in [1.807, 2.05) is 0 Å². The third kappa shape index (κ3) is 1.55. The van der Waals surface area contributed by atoms with Gasteiger partial charge in [-0.1, -0.05) is 0 Å². The van der Waals surface area contributed by atoms with Gasteiger partial charge in [-0.3, -0.25) is 9.69 Å². The molecule has 0 unspecified atom stereocenters. The van der Waals surface area contributed by atoms with Crippen LogP contribution in [0.25, 0.3) is 0 Å². The minimum Gasteiger partial charge on any atom is -0.300 e. The maximum Gasteiger partial charge on any atom is 0.133 e. The van der Waals surface area contributed by atoms with Crippen molar-refractivity contribution in [3.63, 3.8) is 0 Å². The number of nitriles is 1. The van der Waals surface area contributed by atoms with Crippen LogP contribution in [0.5, 0.6) is 0 Å². The van der Waals surface area contributed by atoms with Crippen molar-refractivity contribution in [3.05, 3.63) is 0 Å². The Morgan fingerprint density at radius 1 is 1.21 bits per heavy atom. The highest BCUT2D eigenvalue weighted by Gasteiger charge is 2.41. The standard InChI is InChI=1S/C11H16N2O/c12-9-11(13-7-1-2-8-13)5-3-10(14)4-6-11/h1-8H2. The summed E-state index contributed by atoms with van der Waals surface area (Å²) in [6, 6.07) is 2.45. The van der Waals surface area contributed by atoms with Crippen molar-refractivity contribution in [2.45, 2.75) is 44.1 Å². The normalized spacial score (nSPS) is 27.5. The molecule has 2 rings (SSSR count). The van der Waals surface area contributed by atoms with E-state index in [9.17, 15) is 10.1 Å². The first kappa shape index (κ1) is 9.67. The lowest BCUT2D eigenvalue weighted by Crippen LogP contribution is -2.48. The Hall–Kier alpha value is -0.880. The molecule has 0 N–H and O–H groups in total. The smallest absolute Gasteiger partial charge is 0.133 e. The maximum atomic E-state index is 11.2. The molecule has 0 aromatic carbocycles. The van der Waals surface area contributed by atoms with E-state index in [2.05, 4.69) is 11.0 Å². The molecule has 0 radical (unpaired) electrons. The van der Waals surface area contributed by atoms with E-state index < -0.39 is 0 Å². The quantitative estimate of drug-likeness (QED) is 0.632. The van der Waals surface area contributed by atoms with Gasteiger partial charge < -0.3 is 0 Å². The monoisotopic (exact) mass is 192 g/mol. The molecular formula is C11H16N2O. The van der Waals surface area contributed by atoms with Gasteiger partial charge in [-0.15, -0.1) is 0 Å². The van der Waals surface area contributed by atoms with Crippen molar-refractivity contribution in [1.82, 2.24) is 4.90 Å². The second-order valence-corrected chi connectivity index (χ2v) is 4.38. The fourth-order valence-electron chi connectivity index (χ4n) is 2.59. The van der Waals surface area contributed by atoms with Crippen LogP contribution in [0.1, 0.15) is 38.5 Å². The second-order valence-electron chi connectivity index (χ2n) is 4.38. The number of nitrogens with zero attached hydrogens (tertiary/aromatic N) is 2. The van der Waals surface area contributed by atoms with Gasteiger partial charge in [0.2, 0.25) is 0 Å². The number of rotatable bonds is 1. The van der Waals surface area contributed by atoms with Crippen molar-refractivity contribution in [3.8, 4) is 6.07 Å². The van der Waals surface area contributed by atoms with Crippen molar-refractivity contribution in [1.29, 1.82) is 5.26 Å². The molecule has 1 aliphatic carbocycles. The average Bonchev–Trinajstić information content (AvgIpc) is 2.73. The molecule has 2 aliphatic rings. The SMILES string of the molecule is N#CC1(N2CCCC2)CCC(=O)CC1. The first-order valence-corrected chi connectivity index (χ1v) is 5.45. The minimum atomic E-state index is -0.301. The van der Waals surface area contributed by atoms with Crippen LogP contribution in [0, 0.1) is 11.3 Å². The summed E-state index contributed by atoms with van der Waals surface area (Å²) in [6.07, 6.45) is 5.12. The Kier molecular flexibility index (Phi) is 2.56. The first-order chi connectivity index (χ1) is 6.77. The molecule has 1 aliphatic heterocycles. The molecule has 1 saturated carbocycles. The fraction of sp³-hybridized carbons (Fsp3) is 0.818. The summed E-state index contributed by atoms with van der Waals surface area (Å²) in [4.78, 5) is 13.4. The van der Waals surface area contributed by atoms with E-state index in [0.29, 0.717) is 18.6 Å². The van der Waals surface area contributed by atoms with Crippen molar-refractivity contribution in [2.75, 3.05) is 13.1 Å². The lowest BCUT2D eigenvalue weighted by molar-refractivity contribution is -0.122. The zero-order valence-corrected chi connectivity index (χ0v) is 8.46. The number of ketones is 1. The zero-order valence-electron chi connectivity index (χ0n) is 8.46. The van der Waals surface area contributed by atoms with E-state index in [0.717, 1.165) is 25.9 Å². The van der Waals surface area contributed by atoms with Gasteiger partial charge in [0.05, 0.1) is 6.07 Å². The highest BCUT2D eigenvalue weighted by atomic mass is 16.1. The Labute approximate surface area is 84.7 Å². The summed E-state index contributed by atoms with van der Waals surface area (Å²) < 4.78 is 0. The summed E-state index contributed by atoms with van der Waals surface area (Å²) in [5, 5.41) is 9.29. The van der Waals surface area contributed by atoms with Crippen LogP contribution in [0.2, 0.25) is 0 Å². The molecule has 0 aromatic rings. The molecule has 0 aromatic heterocycles. The summed E-state index contributed by atoms with van der Waals surface area (Å²) in [5.41, 5.74) is -0.301. The third-order valence-electron chi connectivity index (χ3n) is 3.55. The van der Waals surface area contributed by atoms with Crippen LogP contribution in [0.3, 0.4) is 0 Å². The molecule has 3 nitrogen and oxygen atoms in total. The molecule has 1 heterocycles. The molecular weight excluding hydrogens is 176 g/mol. The Morgan fingerprint density at radius 2 is 1.79 bits per heavy atom. The minimum absolute atomic E-state index is 0.301. The highest BCUT2D eigenvalue weighted by Crippen LogP contribution is 2.33. The number of carbonyl (C=O) groups is 1. The summed E-state index contributed by atoms with van der Waals surface area (Å²) in [5.74, 6) is 0.329. The second kappa shape index (κ2) is 3.70. The molecule has 3 heteroatoms. The van der Waals surface area contributed by atoms with Crippen LogP contribution < -0.4 is 0 Å². The molecule has 0 spiro atoms. The number of hydrogen-bond donors (Lipinski definition) is 0. The summed E-state index contributed by atoms with van der Waals surface area (Å²) >= 11 is 0. The lowest BCUT2D eigenvalue weighted by atomic mass is 9.81. The van der Waals surface area contributed by atoms with Crippen LogP contribution in [-0.2, 0) is 4.79 Å². The zero-order chi connectivity index (χ0) is 10.0. The van der Waals surface area contributed by atoms with E-state index in [1.165, 1.54) is 12.8 Å². The third-order valence-corrected chi connectivity index (χ3v) is 3.55. The molecule has 0 bridgehead atoms. The van der Waals surface area contributed by atoms with E-state index in [4.69, 9.17) is 0 Å². The number of likely N-dealkylation sites (tertiary alicyclic amines) is 1. The van der Waals surface area contributed by atoms with Gasteiger partial charge >= 0.3 is 0 Å². The van der Waals surface area contributed by atoms with Gasteiger partial charge in [0.15, 0.2) is 0 Å². The molecule has 76 valence electrons. The van der Waals surface area contributed by atoms with Crippen LogP contribution in [-0.4, -0.2) is 29.3 Å².